The van der Waals surface area contributed by atoms with Gasteiger partial charge in [0.1, 0.15) is 17.8 Å². The Bertz CT molecular complexity index is 1440. The predicted octanol–water partition coefficient (Wildman–Crippen LogP) is 5.21. The second-order valence-electron chi connectivity index (χ2n) is 10.5. The largest absolute Gasteiger partial charge is 0.465 e. The van der Waals surface area contributed by atoms with E-state index in [-0.39, 0.29) is 41.6 Å². The zero-order chi connectivity index (χ0) is 27.9. The van der Waals surface area contributed by atoms with Crippen molar-refractivity contribution in [1.82, 2.24) is 19.9 Å². The van der Waals surface area contributed by atoms with Crippen LogP contribution in [-0.2, 0) is 5.92 Å². The number of carbonyl (C=O) groups is 1. The number of likely N-dealkylation sites (tertiary alicyclic amines) is 1. The van der Waals surface area contributed by atoms with Crippen LogP contribution < -0.4 is 10.9 Å². The van der Waals surface area contributed by atoms with Gasteiger partial charge in [0.15, 0.2) is 0 Å². The summed E-state index contributed by atoms with van der Waals surface area (Å²) in [5.74, 6) is -2.69. The average molecular weight is 564 g/mol. The number of benzene rings is 1. The van der Waals surface area contributed by atoms with E-state index in [9.17, 15) is 18.7 Å². The third-order valence-corrected chi connectivity index (χ3v) is 9.42. The van der Waals surface area contributed by atoms with Crippen molar-refractivity contribution in [1.29, 1.82) is 0 Å². The minimum absolute atomic E-state index is 0.107. The van der Waals surface area contributed by atoms with Crippen molar-refractivity contribution in [2.24, 2.45) is 5.92 Å². The average Bonchev–Trinajstić information content (AvgIpc) is 2.86. The number of anilines is 1. The van der Waals surface area contributed by atoms with E-state index in [1.54, 1.807) is 18.2 Å². The molecule has 10 nitrogen and oxygen atoms in total. The number of halogens is 2. The number of amides is 1. The third-order valence-electron chi connectivity index (χ3n) is 7.64. The van der Waals surface area contributed by atoms with E-state index >= 15 is 8.78 Å². The molecule has 2 aliphatic rings. The van der Waals surface area contributed by atoms with Gasteiger partial charge >= 0.3 is 6.09 Å². The van der Waals surface area contributed by atoms with Gasteiger partial charge in [-0.1, -0.05) is 18.2 Å². The topological polar surface area (TPSA) is 152 Å². The van der Waals surface area contributed by atoms with Gasteiger partial charge in [0.2, 0.25) is 0 Å². The highest BCUT2D eigenvalue weighted by molar-refractivity contribution is 8.24. The first-order valence-electron chi connectivity index (χ1n) is 12.8. The van der Waals surface area contributed by atoms with E-state index in [1.165, 1.54) is 18.5 Å². The highest BCUT2D eigenvalue weighted by Crippen LogP contribution is 2.48. The summed E-state index contributed by atoms with van der Waals surface area (Å²) in [5.41, 5.74) is 1.06. The van der Waals surface area contributed by atoms with Gasteiger partial charge in [0, 0.05) is 54.1 Å². The number of nitrogens with zero attached hydrogens (tertiary/aromatic N) is 3. The fourth-order valence-electron chi connectivity index (χ4n) is 5.33. The van der Waals surface area contributed by atoms with Crippen LogP contribution >= 0.6 is 10.6 Å². The highest BCUT2D eigenvalue weighted by atomic mass is 32.3. The summed E-state index contributed by atoms with van der Waals surface area (Å²) in [6, 6.07) is 7.45. The Hall–Kier alpha value is -3.29. The van der Waals surface area contributed by atoms with Crippen LogP contribution in [-0.4, -0.2) is 64.8 Å². The van der Waals surface area contributed by atoms with Crippen LogP contribution in [0.3, 0.4) is 0 Å². The van der Waals surface area contributed by atoms with Crippen molar-refractivity contribution in [2.75, 3.05) is 29.9 Å². The van der Waals surface area contributed by atoms with Crippen molar-refractivity contribution < 1.29 is 27.8 Å². The van der Waals surface area contributed by atoms with Crippen LogP contribution in [0.1, 0.15) is 54.8 Å². The lowest BCUT2D eigenvalue weighted by Gasteiger charge is -2.39. The normalized spacial score (nSPS) is 19.9. The molecule has 2 saturated heterocycles. The molecule has 5 N–H and O–H groups in total. The molecule has 13 heteroatoms. The van der Waals surface area contributed by atoms with Crippen LogP contribution in [0.5, 0.6) is 0 Å². The fraction of sp³-hybridized carbons (Fsp3) is 0.462. The van der Waals surface area contributed by atoms with Gasteiger partial charge in [-0.05, 0) is 43.4 Å². The van der Waals surface area contributed by atoms with Gasteiger partial charge in [-0.25, -0.2) is 23.5 Å². The SMILES string of the molecule is CC(Nc1ncnc2[nH]c(=O)c(C3CCS(O)(O)CC3)cc12)c1cccc(C(F)(F)CC2CN(C(=O)O)C2)c1. The zero-order valence-corrected chi connectivity index (χ0v) is 22.1. The number of rotatable bonds is 7. The number of nitrogens with one attached hydrogen (secondary N) is 2. The number of carboxylic acid groups (broad SMARTS) is 1. The van der Waals surface area contributed by atoms with Crippen LogP contribution in [0, 0.1) is 5.92 Å². The molecule has 1 unspecified atom stereocenters. The molecule has 1 aromatic carbocycles. The molecular weight excluding hydrogens is 532 g/mol. The molecule has 2 aromatic heterocycles. The van der Waals surface area contributed by atoms with Gasteiger partial charge in [-0.15, -0.1) is 0 Å². The van der Waals surface area contributed by atoms with Crippen LogP contribution in [0.4, 0.5) is 19.4 Å². The van der Waals surface area contributed by atoms with E-state index in [0.29, 0.717) is 40.8 Å². The molecule has 0 radical (unpaired) electrons. The minimum Gasteiger partial charge on any atom is -0.465 e. The zero-order valence-electron chi connectivity index (χ0n) is 21.3. The fourth-order valence-corrected chi connectivity index (χ4v) is 6.86. The summed E-state index contributed by atoms with van der Waals surface area (Å²) in [4.78, 5) is 36.1. The van der Waals surface area contributed by atoms with E-state index in [2.05, 4.69) is 20.3 Å². The van der Waals surface area contributed by atoms with Crippen molar-refractivity contribution in [2.45, 2.75) is 44.1 Å². The Kier molecular flexibility index (Phi) is 7.25. The molecule has 3 aromatic rings. The first-order chi connectivity index (χ1) is 18.4. The summed E-state index contributed by atoms with van der Waals surface area (Å²) in [6.45, 7) is 2.03. The molecule has 210 valence electrons. The number of hydrogen-bond donors (Lipinski definition) is 5. The van der Waals surface area contributed by atoms with Crippen LogP contribution in [0.2, 0.25) is 0 Å². The Morgan fingerprint density at radius 2 is 1.95 bits per heavy atom. The third kappa shape index (κ3) is 5.85. The molecule has 1 amide bonds. The van der Waals surface area contributed by atoms with Crippen molar-refractivity contribution >= 4 is 33.5 Å². The lowest BCUT2D eigenvalue weighted by Crippen LogP contribution is -2.50. The highest BCUT2D eigenvalue weighted by Gasteiger charge is 2.41. The minimum atomic E-state index is -3.11. The lowest BCUT2D eigenvalue weighted by atomic mass is 9.89. The smallest absolute Gasteiger partial charge is 0.407 e. The standard InChI is InChI=1S/C26H31F2N5O5S/c1-15(18-3-2-4-19(9-18)26(27,28)11-16-12-33(13-16)25(35)36)31-22-21-10-20(17-5-7-39(37,38)8-6-17)24(34)32-23(21)30-14-29-22/h2-4,9-10,14-17,37-38H,5-8,11-13H2,1H3,(H,35,36)(H2,29,30,31,32,34). The molecular formula is C26H31F2N5O5S. The molecule has 0 aliphatic carbocycles. The Morgan fingerprint density at radius 1 is 1.23 bits per heavy atom. The first-order valence-corrected chi connectivity index (χ1v) is 14.6. The number of aromatic amines is 1. The summed E-state index contributed by atoms with van der Waals surface area (Å²) in [7, 11) is -2.59. The molecule has 1 atom stereocenters. The molecule has 2 aliphatic heterocycles. The summed E-state index contributed by atoms with van der Waals surface area (Å²) < 4.78 is 50.0. The van der Waals surface area contributed by atoms with E-state index in [1.807, 2.05) is 6.92 Å². The quantitative estimate of drug-likeness (QED) is 0.263. The molecule has 4 heterocycles. The van der Waals surface area contributed by atoms with Crippen molar-refractivity contribution in [3.63, 3.8) is 0 Å². The van der Waals surface area contributed by atoms with Gasteiger partial charge in [-0.2, -0.15) is 10.6 Å². The Morgan fingerprint density at radius 3 is 2.64 bits per heavy atom. The Balaban J connectivity index is 1.35. The molecule has 39 heavy (non-hydrogen) atoms. The van der Waals surface area contributed by atoms with E-state index in [0.717, 1.165) is 4.90 Å². The monoisotopic (exact) mass is 563 g/mol. The van der Waals surface area contributed by atoms with Gasteiger partial charge in [-0.3, -0.25) is 13.9 Å². The number of pyridine rings is 1. The van der Waals surface area contributed by atoms with Gasteiger partial charge in [0.05, 0.1) is 5.39 Å². The Labute approximate surface area is 224 Å². The second-order valence-corrected chi connectivity index (χ2v) is 12.9. The molecule has 2 fully saturated rings. The number of hydrogen-bond acceptors (Lipinski definition) is 7. The van der Waals surface area contributed by atoms with Crippen molar-refractivity contribution in [3.8, 4) is 0 Å². The predicted molar refractivity (Wildman–Crippen MR) is 145 cm³/mol. The number of fused-ring (bicyclic) bond motifs is 1. The molecule has 5 rings (SSSR count). The number of aromatic nitrogens is 3. The van der Waals surface area contributed by atoms with Gasteiger partial charge < -0.3 is 20.3 Å². The maximum atomic E-state index is 15.1. The van der Waals surface area contributed by atoms with E-state index < -0.39 is 41.0 Å². The van der Waals surface area contributed by atoms with Crippen LogP contribution in [0.15, 0.2) is 41.5 Å². The van der Waals surface area contributed by atoms with Gasteiger partial charge in [0.25, 0.3) is 11.5 Å². The van der Waals surface area contributed by atoms with Crippen molar-refractivity contribution in [3.05, 3.63) is 63.7 Å². The van der Waals surface area contributed by atoms with Crippen LogP contribution in [0.25, 0.3) is 11.0 Å². The maximum absolute atomic E-state index is 15.1. The number of H-pyrrole nitrogens is 1. The summed E-state index contributed by atoms with van der Waals surface area (Å²) >= 11 is 0. The lowest BCUT2D eigenvalue weighted by molar-refractivity contribution is -0.0528. The molecule has 0 spiro atoms. The molecule has 0 saturated carbocycles. The summed E-state index contributed by atoms with van der Waals surface area (Å²) in [5, 5.41) is 12.8. The number of alkyl halides is 2. The molecule has 0 bridgehead atoms. The second kappa shape index (κ2) is 10.4. The summed E-state index contributed by atoms with van der Waals surface area (Å²) in [6.07, 6.45) is 0.763. The van der Waals surface area contributed by atoms with E-state index in [4.69, 9.17) is 5.11 Å². The maximum Gasteiger partial charge on any atom is 0.407 e. The first kappa shape index (κ1) is 27.3.